The molecule has 0 bridgehead atoms. The minimum Gasteiger partial charge on any atom is -0.466 e. The van der Waals surface area contributed by atoms with Gasteiger partial charge in [-0.1, -0.05) is 18.2 Å². The van der Waals surface area contributed by atoms with Gasteiger partial charge in [-0.3, -0.25) is 4.79 Å². The molecule has 1 aliphatic heterocycles. The average molecular weight is 357 g/mol. The van der Waals surface area contributed by atoms with Crippen LogP contribution in [0.3, 0.4) is 0 Å². The maximum absolute atomic E-state index is 12.3. The maximum atomic E-state index is 12.3. The Hall–Kier alpha value is -1.79. The summed E-state index contributed by atoms with van der Waals surface area (Å²) in [6, 6.07) is 8.18. The Labute approximate surface area is 155 Å². The highest BCUT2D eigenvalue weighted by atomic mass is 16.7. The van der Waals surface area contributed by atoms with Gasteiger partial charge in [0.1, 0.15) is 0 Å². The van der Waals surface area contributed by atoms with Crippen LogP contribution in [0.2, 0.25) is 0 Å². The van der Waals surface area contributed by atoms with Gasteiger partial charge in [0.2, 0.25) is 0 Å². The predicted molar refractivity (Wildman–Crippen MR) is 103 cm³/mol. The van der Waals surface area contributed by atoms with Gasteiger partial charge in [-0.25, -0.2) is 0 Å². The minimum atomic E-state index is -0.504. The van der Waals surface area contributed by atoms with Crippen molar-refractivity contribution in [3.05, 3.63) is 36.0 Å². The Bertz CT molecular complexity index is 795. The fourth-order valence-electron chi connectivity index (χ4n) is 3.47. The van der Waals surface area contributed by atoms with Crippen molar-refractivity contribution in [1.82, 2.24) is 4.57 Å². The summed E-state index contributed by atoms with van der Waals surface area (Å²) in [6.07, 6.45) is 2.29. The number of benzene rings is 1. The number of esters is 1. The van der Waals surface area contributed by atoms with Crippen LogP contribution in [-0.2, 0) is 25.9 Å². The predicted octanol–water partition coefficient (Wildman–Crippen LogP) is 3.85. The van der Waals surface area contributed by atoms with E-state index in [1.807, 2.05) is 53.8 Å². The highest BCUT2D eigenvalue weighted by Gasteiger charge is 2.54. The quantitative estimate of drug-likeness (QED) is 0.603. The molecule has 2 heterocycles. The number of aromatic nitrogens is 1. The molecule has 0 saturated carbocycles. The van der Waals surface area contributed by atoms with Crippen molar-refractivity contribution in [1.29, 1.82) is 0 Å². The molecule has 1 unspecified atom stereocenters. The number of aryl methyl sites for hydroxylation is 1. The van der Waals surface area contributed by atoms with Crippen molar-refractivity contribution >= 4 is 24.0 Å². The lowest BCUT2D eigenvalue weighted by Gasteiger charge is -2.32. The average Bonchev–Trinajstić information content (AvgIpc) is 2.99. The molecule has 1 atom stereocenters. The van der Waals surface area contributed by atoms with E-state index in [1.54, 1.807) is 0 Å². The molecule has 6 heteroatoms. The van der Waals surface area contributed by atoms with E-state index in [-0.39, 0.29) is 18.2 Å². The Morgan fingerprint density at radius 1 is 1.19 bits per heavy atom. The van der Waals surface area contributed by atoms with Crippen molar-refractivity contribution in [2.24, 2.45) is 7.05 Å². The lowest BCUT2D eigenvalue weighted by atomic mass is 9.66. The second kappa shape index (κ2) is 6.74. The van der Waals surface area contributed by atoms with Crippen molar-refractivity contribution in [3.8, 4) is 0 Å². The standard InChI is InChI=1S/C20H28BNO4/c1-7-24-18(23)12-16(21-25-19(2,3)20(4,5)26-21)15-13-22(6)17-11-9-8-10-14(15)17/h8-11,13,16H,7,12H2,1-6H3. The molecule has 2 aromatic rings. The molecule has 0 radical (unpaired) electrons. The molecule has 26 heavy (non-hydrogen) atoms. The van der Waals surface area contributed by atoms with Gasteiger partial charge in [-0.15, -0.1) is 0 Å². The normalized spacial score (nSPS) is 19.7. The molecule has 140 valence electrons. The molecule has 1 aliphatic rings. The molecule has 3 rings (SSSR count). The number of hydrogen-bond acceptors (Lipinski definition) is 4. The van der Waals surface area contributed by atoms with Gasteiger partial charge in [0.25, 0.3) is 0 Å². The summed E-state index contributed by atoms with van der Waals surface area (Å²) in [5, 5.41) is 1.11. The van der Waals surface area contributed by atoms with E-state index in [0.29, 0.717) is 6.61 Å². The van der Waals surface area contributed by atoms with Crippen LogP contribution in [0, 0.1) is 0 Å². The third kappa shape index (κ3) is 3.28. The third-order valence-corrected chi connectivity index (χ3v) is 5.62. The Balaban J connectivity index is 2.03. The molecule has 0 aliphatic carbocycles. The Morgan fingerprint density at radius 2 is 1.81 bits per heavy atom. The molecule has 0 N–H and O–H groups in total. The van der Waals surface area contributed by atoms with E-state index in [4.69, 9.17) is 14.0 Å². The van der Waals surface area contributed by atoms with Gasteiger partial charge in [0.05, 0.1) is 24.2 Å². The van der Waals surface area contributed by atoms with E-state index in [2.05, 4.69) is 22.9 Å². The van der Waals surface area contributed by atoms with Crippen LogP contribution in [0.25, 0.3) is 10.9 Å². The van der Waals surface area contributed by atoms with Crippen LogP contribution in [0.4, 0.5) is 0 Å². The first-order valence-electron chi connectivity index (χ1n) is 9.21. The first-order chi connectivity index (χ1) is 12.2. The largest absolute Gasteiger partial charge is 0.466 e. The molecule has 1 saturated heterocycles. The van der Waals surface area contributed by atoms with Crippen LogP contribution >= 0.6 is 0 Å². The number of para-hydroxylation sites is 1. The van der Waals surface area contributed by atoms with E-state index < -0.39 is 18.3 Å². The van der Waals surface area contributed by atoms with Crippen LogP contribution < -0.4 is 0 Å². The topological polar surface area (TPSA) is 49.7 Å². The van der Waals surface area contributed by atoms with Gasteiger partial charge in [0, 0.05) is 30.0 Å². The SMILES string of the molecule is CCOC(=O)CC(B1OC(C)(C)C(C)(C)O1)c1cn(C)c2ccccc12. The number of carbonyl (C=O) groups is 1. The second-order valence-electron chi connectivity index (χ2n) is 7.95. The number of ether oxygens (including phenoxy) is 1. The van der Waals surface area contributed by atoms with Crippen molar-refractivity contribution in [2.45, 2.75) is 58.1 Å². The van der Waals surface area contributed by atoms with Crippen molar-refractivity contribution in [2.75, 3.05) is 6.61 Å². The summed E-state index contributed by atoms with van der Waals surface area (Å²) in [6.45, 7) is 10.3. The summed E-state index contributed by atoms with van der Waals surface area (Å²) in [5.41, 5.74) is 1.27. The van der Waals surface area contributed by atoms with Gasteiger partial charge >= 0.3 is 13.1 Å². The highest BCUT2D eigenvalue weighted by molar-refractivity contribution is 6.48. The van der Waals surface area contributed by atoms with E-state index >= 15 is 0 Å². The number of hydrogen-bond donors (Lipinski definition) is 0. The van der Waals surface area contributed by atoms with E-state index in [1.165, 1.54) is 0 Å². The Morgan fingerprint density at radius 3 is 2.42 bits per heavy atom. The molecular weight excluding hydrogens is 329 g/mol. The lowest BCUT2D eigenvalue weighted by molar-refractivity contribution is -0.143. The zero-order valence-corrected chi connectivity index (χ0v) is 16.5. The fourth-order valence-corrected chi connectivity index (χ4v) is 3.47. The fraction of sp³-hybridized carbons (Fsp3) is 0.550. The number of rotatable bonds is 5. The number of carbonyl (C=O) groups excluding carboxylic acids is 1. The zero-order valence-electron chi connectivity index (χ0n) is 16.5. The lowest BCUT2D eigenvalue weighted by Crippen LogP contribution is -2.41. The van der Waals surface area contributed by atoms with Gasteiger partial charge in [-0.05, 0) is 46.2 Å². The summed E-state index contributed by atoms with van der Waals surface area (Å²) in [5.74, 6) is -0.471. The summed E-state index contributed by atoms with van der Waals surface area (Å²) >= 11 is 0. The second-order valence-corrected chi connectivity index (χ2v) is 7.95. The maximum Gasteiger partial charge on any atom is 0.466 e. The number of nitrogens with zero attached hydrogens (tertiary/aromatic N) is 1. The smallest absolute Gasteiger partial charge is 0.466 e. The molecule has 1 aromatic heterocycles. The minimum absolute atomic E-state index is 0.221. The van der Waals surface area contributed by atoms with E-state index in [0.717, 1.165) is 16.5 Å². The third-order valence-electron chi connectivity index (χ3n) is 5.62. The van der Waals surface area contributed by atoms with Gasteiger partial charge < -0.3 is 18.6 Å². The summed E-state index contributed by atoms with van der Waals surface area (Å²) in [7, 11) is 1.51. The summed E-state index contributed by atoms with van der Waals surface area (Å²) in [4.78, 5) is 12.3. The monoisotopic (exact) mass is 357 g/mol. The number of fused-ring (bicyclic) bond motifs is 1. The zero-order chi connectivity index (χ0) is 19.1. The van der Waals surface area contributed by atoms with E-state index in [9.17, 15) is 4.79 Å². The molecule has 1 fully saturated rings. The van der Waals surface area contributed by atoms with Crippen molar-refractivity contribution < 1.29 is 18.8 Å². The molecular formula is C20H28BNO4. The first kappa shape index (κ1) is 19.0. The van der Waals surface area contributed by atoms with Crippen molar-refractivity contribution in [3.63, 3.8) is 0 Å². The van der Waals surface area contributed by atoms with Crippen LogP contribution in [0.15, 0.2) is 30.5 Å². The van der Waals surface area contributed by atoms with Gasteiger partial charge in [-0.2, -0.15) is 0 Å². The molecule has 0 amide bonds. The Kier molecular flexibility index (Phi) is 4.93. The molecule has 0 spiro atoms. The molecule has 1 aromatic carbocycles. The van der Waals surface area contributed by atoms with Gasteiger partial charge in [0.15, 0.2) is 0 Å². The summed E-state index contributed by atoms with van der Waals surface area (Å²) < 4.78 is 19.9. The van der Waals surface area contributed by atoms with Crippen LogP contribution in [-0.4, -0.2) is 35.5 Å². The van der Waals surface area contributed by atoms with Crippen LogP contribution in [0.5, 0.6) is 0 Å². The first-order valence-corrected chi connectivity index (χ1v) is 9.21. The van der Waals surface area contributed by atoms with Crippen LogP contribution in [0.1, 0.15) is 52.4 Å². The highest BCUT2D eigenvalue weighted by Crippen LogP contribution is 2.43. The molecule has 5 nitrogen and oxygen atoms in total.